The molecule has 116 valence electrons. The number of carbonyl (C=O) groups is 1. The predicted octanol–water partition coefficient (Wildman–Crippen LogP) is 3.05. The lowest BCUT2D eigenvalue weighted by Gasteiger charge is -2.11. The van der Waals surface area contributed by atoms with E-state index in [1.165, 1.54) is 0 Å². The average Bonchev–Trinajstić information content (AvgIpc) is 2.56. The summed E-state index contributed by atoms with van der Waals surface area (Å²) in [5.74, 6) is 0.780. The van der Waals surface area contributed by atoms with Crippen LogP contribution in [0.15, 0.2) is 53.7 Å². The Labute approximate surface area is 135 Å². The third-order valence-electron chi connectivity index (χ3n) is 3.18. The van der Waals surface area contributed by atoms with E-state index in [1.807, 2.05) is 37.3 Å². The summed E-state index contributed by atoms with van der Waals surface area (Å²) in [6.07, 6.45) is 1.56. The van der Waals surface area contributed by atoms with E-state index in [0.717, 1.165) is 16.3 Å². The second-order valence-electron chi connectivity index (χ2n) is 4.79. The summed E-state index contributed by atoms with van der Waals surface area (Å²) in [6.45, 7) is 2.47. The van der Waals surface area contributed by atoms with Crippen LogP contribution in [0, 0.1) is 0 Å². The molecule has 2 rings (SSSR count). The van der Waals surface area contributed by atoms with Crippen molar-refractivity contribution in [3.05, 3.63) is 59.8 Å². The van der Waals surface area contributed by atoms with Crippen LogP contribution in [0.25, 0.3) is 0 Å². The van der Waals surface area contributed by atoms with Crippen LogP contribution in [0.3, 0.4) is 0 Å². The molecule has 0 bridgehead atoms. The van der Waals surface area contributed by atoms with Gasteiger partial charge < -0.3 is 10.4 Å². The number of nitrogens with zero attached hydrogens (tertiary/aromatic N) is 1. The predicted molar refractivity (Wildman–Crippen MR) is 89.0 cm³/mol. The van der Waals surface area contributed by atoms with Crippen molar-refractivity contribution in [1.82, 2.24) is 10.3 Å². The monoisotopic (exact) mass is 316 g/mol. The number of carbonyl (C=O) groups excluding carboxylic acids is 1. The topological polar surface area (TPSA) is 62.2 Å². The van der Waals surface area contributed by atoms with Crippen LogP contribution in [0.5, 0.6) is 0 Å². The molecule has 0 saturated heterocycles. The number of hydrogen-bond donors (Lipinski definition) is 2. The van der Waals surface area contributed by atoms with E-state index in [1.54, 1.807) is 30.1 Å². The minimum Gasteiger partial charge on any atom is -0.388 e. The first-order valence-electron chi connectivity index (χ1n) is 7.30. The van der Waals surface area contributed by atoms with E-state index in [-0.39, 0.29) is 5.91 Å². The normalized spacial score (nSPS) is 11.9. The second kappa shape index (κ2) is 8.56. The maximum Gasteiger partial charge on any atom is 0.251 e. The molecule has 2 aromatic rings. The fraction of sp³-hybridized carbons (Fsp3) is 0.294. The third kappa shape index (κ3) is 4.86. The van der Waals surface area contributed by atoms with Crippen molar-refractivity contribution in [2.45, 2.75) is 24.5 Å². The molecular formula is C17H20N2O2S. The molecule has 0 spiro atoms. The number of aliphatic hydroxyl groups excluding tert-OH is 1. The highest BCUT2D eigenvalue weighted by Crippen LogP contribution is 2.16. The highest BCUT2D eigenvalue weighted by Gasteiger charge is 2.09. The van der Waals surface area contributed by atoms with Gasteiger partial charge in [0.05, 0.1) is 11.1 Å². The van der Waals surface area contributed by atoms with Crippen molar-refractivity contribution in [2.24, 2.45) is 0 Å². The van der Waals surface area contributed by atoms with Gasteiger partial charge in [-0.15, -0.1) is 11.8 Å². The SMILES string of the molecule is CCSc1cc(C(=O)NCCC(O)c2ccccc2)ccn1. The van der Waals surface area contributed by atoms with Gasteiger partial charge in [-0.25, -0.2) is 4.98 Å². The molecule has 1 aromatic carbocycles. The number of nitrogens with one attached hydrogen (secondary N) is 1. The lowest BCUT2D eigenvalue weighted by atomic mass is 10.1. The smallest absolute Gasteiger partial charge is 0.251 e. The van der Waals surface area contributed by atoms with Crippen LogP contribution in [-0.4, -0.2) is 28.3 Å². The summed E-state index contributed by atoms with van der Waals surface area (Å²) >= 11 is 1.60. The van der Waals surface area contributed by atoms with Crippen molar-refractivity contribution < 1.29 is 9.90 Å². The molecule has 4 nitrogen and oxygen atoms in total. The number of benzene rings is 1. The molecule has 22 heavy (non-hydrogen) atoms. The standard InChI is InChI=1S/C17H20N2O2S/c1-2-22-16-12-14(8-10-18-16)17(21)19-11-9-15(20)13-6-4-3-5-7-13/h3-8,10,12,15,20H,2,9,11H2,1H3,(H,19,21). The number of thioether (sulfide) groups is 1. The molecule has 0 aliphatic heterocycles. The molecule has 1 aromatic heterocycles. The molecule has 0 aliphatic carbocycles. The van der Waals surface area contributed by atoms with Gasteiger partial charge in [0.2, 0.25) is 0 Å². The Morgan fingerprint density at radius 3 is 2.82 bits per heavy atom. The lowest BCUT2D eigenvalue weighted by Crippen LogP contribution is -2.25. The Bertz CT molecular complexity index is 605. The minimum atomic E-state index is -0.565. The zero-order valence-electron chi connectivity index (χ0n) is 12.5. The molecule has 1 atom stereocenters. The summed E-state index contributed by atoms with van der Waals surface area (Å²) in [7, 11) is 0. The zero-order valence-corrected chi connectivity index (χ0v) is 13.3. The van der Waals surface area contributed by atoms with Gasteiger partial charge in [0.1, 0.15) is 0 Å². The Morgan fingerprint density at radius 1 is 1.32 bits per heavy atom. The van der Waals surface area contributed by atoms with Crippen LogP contribution in [0.1, 0.15) is 35.4 Å². The van der Waals surface area contributed by atoms with Crippen LogP contribution >= 0.6 is 11.8 Å². The molecule has 0 saturated carbocycles. The fourth-order valence-electron chi connectivity index (χ4n) is 2.04. The van der Waals surface area contributed by atoms with E-state index >= 15 is 0 Å². The molecule has 1 amide bonds. The Hall–Kier alpha value is -1.85. The summed E-state index contributed by atoms with van der Waals surface area (Å²) in [5, 5.41) is 13.7. The molecule has 1 heterocycles. The van der Waals surface area contributed by atoms with Crippen LogP contribution < -0.4 is 5.32 Å². The molecule has 0 aliphatic rings. The van der Waals surface area contributed by atoms with Crippen LogP contribution in [-0.2, 0) is 0 Å². The van der Waals surface area contributed by atoms with Crippen molar-refractivity contribution in [3.63, 3.8) is 0 Å². The van der Waals surface area contributed by atoms with Gasteiger partial charge in [-0.2, -0.15) is 0 Å². The van der Waals surface area contributed by atoms with Crippen LogP contribution in [0.4, 0.5) is 0 Å². The van der Waals surface area contributed by atoms with Gasteiger partial charge in [-0.1, -0.05) is 37.3 Å². The third-order valence-corrected chi connectivity index (χ3v) is 3.98. The van der Waals surface area contributed by atoms with E-state index in [4.69, 9.17) is 0 Å². The number of aliphatic hydroxyl groups is 1. The van der Waals surface area contributed by atoms with Crippen molar-refractivity contribution in [1.29, 1.82) is 0 Å². The molecule has 1 unspecified atom stereocenters. The van der Waals surface area contributed by atoms with Gasteiger partial charge >= 0.3 is 0 Å². The van der Waals surface area contributed by atoms with Crippen molar-refractivity contribution in [3.8, 4) is 0 Å². The number of pyridine rings is 1. The van der Waals surface area contributed by atoms with Gasteiger partial charge in [-0.3, -0.25) is 4.79 Å². The van der Waals surface area contributed by atoms with Crippen molar-refractivity contribution >= 4 is 17.7 Å². The summed E-state index contributed by atoms with van der Waals surface area (Å²) < 4.78 is 0. The summed E-state index contributed by atoms with van der Waals surface area (Å²) in [5.41, 5.74) is 1.46. The molecule has 0 radical (unpaired) electrons. The quantitative estimate of drug-likeness (QED) is 0.771. The zero-order chi connectivity index (χ0) is 15.8. The summed E-state index contributed by atoms with van der Waals surface area (Å²) in [6, 6.07) is 12.9. The molecule has 0 fully saturated rings. The Kier molecular flexibility index (Phi) is 6.43. The number of rotatable bonds is 7. The van der Waals surface area contributed by atoms with E-state index < -0.39 is 6.10 Å². The largest absolute Gasteiger partial charge is 0.388 e. The first-order valence-corrected chi connectivity index (χ1v) is 8.29. The first-order chi connectivity index (χ1) is 10.7. The van der Waals surface area contributed by atoms with Gasteiger partial charge in [-0.05, 0) is 29.9 Å². The average molecular weight is 316 g/mol. The number of hydrogen-bond acceptors (Lipinski definition) is 4. The first kappa shape index (κ1) is 16.5. The highest BCUT2D eigenvalue weighted by atomic mass is 32.2. The maximum absolute atomic E-state index is 12.1. The molecule has 5 heteroatoms. The second-order valence-corrected chi connectivity index (χ2v) is 6.07. The van der Waals surface area contributed by atoms with E-state index in [2.05, 4.69) is 10.3 Å². The molecule has 2 N–H and O–H groups in total. The minimum absolute atomic E-state index is 0.138. The Balaban J connectivity index is 1.84. The van der Waals surface area contributed by atoms with Gasteiger partial charge in [0, 0.05) is 18.3 Å². The lowest BCUT2D eigenvalue weighted by molar-refractivity contribution is 0.0942. The number of aromatic nitrogens is 1. The van der Waals surface area contributed by atoms with Gasteiger partial charge in [0.25, 0.3) is 5.91 Å². The van der Waals surface area contributed by atoms with Crippen LogP contribution in [0.2, 0.25) is 0 Å². The van der Waals surface area contributed by atoms with E-state index in [9.17, 15) is 9.90 Å². The fourth-order valence-corrected chi connectivity index (χ4v) is 2.69. The summed E-state index contributed by atoms with van der Waals surface area (Å²) in [4.78, 5) is 16.3. The number of amides is 1. The van der Waals surface area contributed by atoms with Crippen molar-refractivity contribution in [2.75, 3.05) is 12.3 Å². The molecular weight excluding hydrogens is 296 g/mol. The van der Waals surface area contributed by atoms with Gasteiger partial charge in [0.15, 0.2) is 0 Å². The van der Waals surface area contributed by atoms with E-state index in [0.29, 0.717) is 18.5 Å². The maximum atomic E-state index is 12.1. The Morgan fingerprint density at radius 2 is 2.09 bits per heavy atom. The highest BCUT2D eigenvalue weighted by molar-refractivity contribution is 7.99.